The Morgan fingerprint density at radius 3 is 1.90 bits per heavy atom. The Balaban J connectivity index is 1.96. The second-order valence-corrected chi connectivity index (χ2v) is 10.5. The van der Waals surface area contributed by atoms with E-state index in [4.69, 9.17) is 23.7 Å². The maximum absolute atomic E-state index is 13.9. The van der Waals surface area contributed by atoms with Crippen molar-refractivity contribution in [3.05, 3.63) is 65.2 Å². The number of ether oxygens (including phenoxy) is 5. The second-order valence-electron chi connectivity index (χ2n) is 8.64. The number of carbonyl (C=O) groups excluding carboxylic acids is 1. The number of amides is 1. The van der Waals surface area contributed by atoms with Crippen LogP contribution in [0.25, 0.3) is 0 Å². The molecule has 3 aromatic carbocycles. The molecule has 0 aliphatic carbocycles. The van der Waals surface area contributed by atoms with Gasteiger partial charge < -0.3 is 29.0 Å². The molecule has 0 saturated heterocycles. The summed E-state index contributed by atoms with van der Waals surface area (Å²) in [5.41, 5.74) is 2.70. The van der Waals surface area contributed by atoms with Crippen molar-refractivity contribution in [2.75, 3.05) is 46.4 Å². The topological polar surface area (TPSA) is 113 Å². The Bertz CT molecular complexity index is 1420. The van der Waals surface area contributed by atoms with Gasteiger partial charge >= 0.3 is 0 Å². The van der Waals surface area contributed by atoms with Crippen LogP contribution < -0.4 is 33.3 Å². The molecule has 10 nitrogen and oxygen atoms in total. The fraction of sp³-hybridized carbons (Fsp3) is 0.321. The number of nitrogens with zero attached hydrogens (tertiary/aromatic N) is 1. The van der Waals surface area contributed by atoms with Gasteiger partial charge in [-0.3, -0.25) is 9.10 Å². The molecule has 39 heavy (non-hydrogen) atoms. The summed E-state index contributed by atoms with van der Waals surface area (Å²) in [5.74, 6) is 1.39. The van der Waals surface area contributed by atoms with Crippen molar-refractivity contribution < 1.29 is 36.9 Å². The van der Waals surface area contributed by atoms with Gasteiger partial charge in [-0.1, -0.05) is 6.07 Å². The number of anilines is 1. The van der Waals surface area contributed by atoms with E-state index in [-0.39, 0.29) is 17.2 Å². The van der Waals surface area contributed by atoms with Gasteiger partial charge in [0.15, 0.2) is 23.0 Å². The lowest BCUT2D eigenvalue weighted by Crippen LogP contribution is -2.40. The first kappa shape index (κ1) is 29.4. The number of methoxy groups -OCH3 is 5. The summed E-state index contributed by atoms with van der Waals surface area (Å²) in [6, 6.07) is 13.1. The second kappa shape index (κ2) is 12.6. The molecular formula is C28H34N2O8S. The minimum Gasteiger partial charge on any atom is -0.493 e. The minimum absolute atomic E-state index is 0.0475. The Hall–Kier alpha value is -4.12. The summed E-state index contributed by atoms with van der Waals surface area (Å²) in [7, 11) is 3.20. The maximum atomic E-state index is 13.9. The Labute approximate surface area is 229 Å². The Morgan fingerprint density at radius 1 is 0.744 bits per heavy atom. The van der Waals surface area contributed by atoms with Gasteiger partial charge in [-0.05, 0) is 61.4 Å². The van der Waals surface area contributed by atoms with Gasteiger partial charge in [-0.2, -0.15) is 0 Å². The zero-order chi connectivity index (χ0) is 28.7. The van der Waals surface area contributed by atoms with Crippen LogP contribution in [0, 0.1) is 13.8 Å². The molecule has 1 N–H and O–H groups in total. The van der Waals surface area contributed by atoms with Crippen LogP contribution in [0.2, 0.25) is 0 Å². The molecule has 1 amide bonds. The molecule has 0 saturated carbocycles. The van der Waals surface area contributed by atoms with Crippen LogP contribution in [0.3, 0.4) is 0 Å². The smallest absolute Gasteiger partial charge is 0.264 e. The zero-order valence-corrected chi connectivity index (χ0v) is 24.0. The van der Waals surface area contributed by atoms with E-state index in [1.54, 1.807) is 24.3 Å². The van der Waals surface area contributed by atoms with Crippen LogP contribution >= 0.6 is 0 Å². The molecule has 0 aliphatic rings. The van der Waals surface area contributed by atoms with Crippen LogP contribution in [-0.2, 0) is 21.4 Å². The van der Waals surface area contributed by atoms with Crippen molar-refractivity contribution in [3.63, 3.8) is 0 Å². The molecule has 0 bridgehead atoms. The average molecular weight is 559 g/mol. The molecule has 0 atom stereocenters. The van der Waals surface area contributed by atoms with Crippen LogP contribution in [0.4, 0.5) is 5.69 Å². The average Bonchev–Trinajstić information content (AvgIpc) is 2.92. The van der Waals surface area contributed by atoms with Crippen LogP contribution in [0.1, 0.15) is 16.7 Å². The first-order chi connectivity index (χ1) is 18.6. The van der Waals surface area contributed by atoms with Crippen molar-refractivity contribution in [3.8, 4) is 28.7 Å². The van der Waals surface area contributed by atoms with Gasteiger partial charge in [0.1, 0.15) is 6.54 Å². The summed E-state index contributed by atoms with van der Waals surface area (Å²) in [6.07, 6.45) is 0. The molecule has 0 heterocycles. The SMILES string of the molecule is COc1ccc(S(=O)(=O)N(CC(=O)NCc2ccc(OC)c(OC)c2OC)c2cc(C)cc(C)c2)cc1OC. The molecule has 0 aliphatic heterocycles. The summed E-state index contributed by atoms with van der Waals surface area (Å²) >= 11 is 0. The molecule has 0 radical (unpaired) electrons. The monoisotopic (exact) mass is 558 g/mol. The molecule has 3 rings (SSSR count). The number of sulfonamides is 1. The molecule has 0 unspecified atom stereocenters. The fourth-order valence-electron chi connectivity index (χ4n) is 4.20. The molecule has 210 valence electrons. The van der Waals surface area contributed by atoms with E-state index in [1.807, 2.05) is 19.9 Å². The molecule has 0 spiro atoms. The van der Waals surface area contributed by atoms with E-state index >= 15 is 0 Å². The first-order valence-corrected chi connectivity index (χ1v) is 13.4. The normalized spacial score (nSPS) is 10.9. The molecule has 0 fully saturated rings. The van der Waals surface area contributed by atoms with Gasteiger partial charge in [0, 0.05) is 18.2 Å². The van der Waals surface area contributed by atoms with Crippen molar-refractivity contribution in [2.45, 2.75) is 25.3 Å². The Morgan fingerprint density at radius 2 is 1.33 bits per heavy atom. The quantitative estimate of drug-likeness (QED) is 0.357. The lowest BCUT2D eigenvalue weighted by atomic mass is 10.1. The third-order valence-electron chi connectivity index (χ3n) is 5.99. The van der Waals surface area contributed by atoms with Crippen molar-refractivity contribution in [1.29, 1.82) is 0 Å². The molecular weight excluding hydrogens is 524 g/mol. The summed E-state index contributed by atoms with van der Waals surface area (Å²) < 4.78 is 55.6. The van der Waals surface area contributed by atoms with Crippen LogP contribution in [0.15, 0.2) is 53.4 Å². The van der Waals surface area contributed by atoms with E-state index in [1.165, 1.54) is 53.7 Å². The van der Waals surface area contributed by atoms with Crippen molar-refractivity contribution >= 4 is 21.6 Å². The maximum Gasteiger partial charge on any atom is 0.264 e. The summed E-state index contributed by atoms with van der Waals surface area (Å²) in [5, 5.41) is 2.79. The van der Waals surface area contributed by atoms with Crippen molar-refractivity contribution in [1.82, 2.24) is 5.32 Å². The van der Waals surface area contributed by atoms with Gasteiger partial charge in [-0.15, -0.1) is 0 Å². The third-order valence-corrected chi connectivity index (χ3v) is 7.76. The molecule has 11 heteroatoms. The highest BCUT2D eigenvalue weighted by atomic mass is 32.2. The van der Waals surface area contributed by atoms with Gasteiger partial charge in [0.25, 0.3) is 10.0 Å². The van der Waals surface area contributed by atoms with E-state index < -0.39 is 22.5 Å². The number of benzene rings is 3. The first-order valence-electron chi connectivity index (χ1n) is 12.0. The van der Waals surface area contributed by atoms with Gasteiger partial charge in [-0.25, -0.2) is 8.42 Å². The lowest BCUT2D eigenvalue weighted by molar-refractivity contribution is -0.119. The number of aryl methyl sites for hydroxylation is 2. The summed E-state index contributed by atoms with van der Waals surface area (Å²) in [6.45, 7) is 3.33. The van der Waals surface area contributed by atoms with E-state index in [0.29, 0.717) is 34.2 Å². The van der Waals surface area contributed by atoms with Crippen molar-refractivity contribution in [2.24, 2.45) is 0 Å². The minimum atomic E-state index is -4.18. The number of hydrogen-bond acceptors (Lipinski definition) is 8. The third kappa shape index (κ3) is 6.48. The van der Waals surface area contributed by atoms with Gasteiger partial charge in [0.2, 0.25) is 11.7 Å². The predicted molar refractivity (Wildman–Crippen MR) is 148 cm³/mol. The highest BCUT2D eigenvalue weighted by Gasteiger charge is 2.29. The van der Waals surface area contributed by atoms with Crippen LogP contribution in [0.5, 0.6) is 28.7 Å². The highest BCUT2D eigenvalue weighted by Crippen LogP contribution is 2.39. The van der Waals surface area contributed by atoms with Gasteiger partial charge in [0.05, 0.1) is 46.1 Å². The van der Waals surface area contributed by atoms with E-state index in [0.717, 1.165) is 15.4 Å². The largest absolute Gasteiger partial charge is 0.493 e. The highest BCUT2D eigenvalue weighted by molar-refractivity contribution is 7.92. The standard InChI is InChI=1S/C28H34N2O8S/c1-18-12-19(2)14-21(13-18)30(39(32,33)22-9-11-23(34-3)25(15-22)36-5)17-26(31)29-16-20-8-10-24(35-4)28(38-7)27(20)37-6/h8-15H,16-17H2,1-7H3,(H,29,31). The Kier molecular flexibility index (Phi) is 9.52. The number of hydrogen-bond donors (Lipinski definition) is 1. The number of rotatable bonds is 12. The zero-order valence-electron chi connectivity index (χ0n) is 23.2. The van der Waals surface area contributed by atoms with E-state index in [2.05, 4.69) is 5.32 Å². The van der Waals surface area contributed by atoms with Crippen LogP contribution in [-0.4, -0.2) is 56.4 Å². The number of nitrogens with one attached hydrogen (secondary N) is 1. The lowest BCUT2D eigenvalue weighted by Gasteiger charge is -2.25. The molecule has 0 aromatic heterocycles. The molecule has 3 aromatic rings. The summed E-state index contributed by atoms with van der Waals surface area (Å²) in [4.78, 5) is 13.1. The predicted octanol–water partition coefficient (Wildman–Crippen LogP) is 3.86. The fourth-order valence-corrected chi connectivity index (χ4v) is 5.62. The van der Waals surface area contributed by atoms with E-state index in [9.17, 15) is 13.2 Å². The number of carbonyl (C=O) groups is 1.